The minimum absolute atomic E-state index is 0.220. The molecular weight excluding hydrogens is 208 g/mol. The van der Waals surface area contributed by atoms with Crippen molar-refractivity contribution in [2.45, 2.75) is 6.42 Å². The number of benzene rings is 1. The third-order valence-electron chi connectivity index (χ3n) is 1.83. The van der Waals surface area contributed by atoms with Crippen molar-refractivity contribution in [2.24, 2.45) is 0 Å². The number of aldehydes is 1. The first-order chi connectivity index (χ1) is 7.67. The maximum atomic E-state index is 10.7. The molecule has 0 bridgehead atoms. The number of ether oxygens (including phenoxy) is 1. The Morgan fingerprint density at radius 1 is 1.56 bits per heavy atom. The number of carbonyl (C=O) groups excluding carboxylic acids is 1. The minimum atomic E-state index is -0.975. The van der Waals surface area contributed by atoms with Crippen molar-refractivity contribution >= 4 is 12.3 Å². The van der Waals surface area contributed by atoms with Gasteiger partial charge in [0.25, 0.3) is 0 Å². The molecule has 4 heteroatoms. The topological polar surface area (TPSA) is 63.6 Å². The van der Waals surface area contributed by atoms with E-state index in [1.165, 1.54) is 7.11 Å². The summed E-state index contributed by atoms with van der Waals surface area (Å²) in [6, 6.07) is 4.84. The molecule has 0 saturated heterocycles. The van der Waals surface area contributed by atoms with Gasteiger partial charge in [-0.3, -0.25) is 9.59 Å². The molecule has 4 nitrogen and oxygen atoms in total. The Balaban J connectivity index is 2.93. The van der Waals surface area contributed by atoms with Gasteiger partial charge in [-0.2, -0.15) is 0 Å². The molecule has 0 heterocycles. The van der Waals surface area contributed by atoms with Crippen LogP contribution in [0.2, 0.25) is 0 Å². The summed E-state index contributed by atoms with van der Waals surface area (Å²) in [5.41, 5.74) is 0.980. The van der Waals surface area contributed by atoms with Gasteiger partial charge in [0.15, 0.2) is 6.29 Å². The molecular formula is C12H10O4. The number of rotatable bonds is 3. The molecule has 0 saturated carbocycles. The molecule has 1 rings (SSSR count). The predicted octanol–water partition coefficient (Wildman–Crippen LogP) is 1.33. The van der Waals surface area contributed by atoms with Crippen molar-refractivity contribution in [1.82, 2.24) is 0 Å². The summed E-state index contributed by atoms with van der Waals surface area (Å²) < 4.78 is 4.96. The molecule has 0 spiro atoms. The second kappa shape index (κ2) is 5.56. The Labute approximate surface area is 92.9 Å². The van der Waals surface area contributed by atoms with Gasteiger partial charge in [0.2, 0.25) is 0 Å². The van der Waals surface area contributed by atoms with Crippen molar-refractivity contribution in [3.05, 3.63) is 29.3 Å². The van der Waals surface area contributed by atoms with Gasteiger partial charge in [0, 0.05) is 5.56 Å². The summed E-state index contributed by atoms with van der Waals surface area (Å²) in [6.07, 6.45) is 0.448. The van der Waals surface area contributed by atoms with Gasteiger partial charge in [-0.25, -0.2) is 0 Å². The van der Waals surface area contributed by atoms with Crippen LogP contribution in [0.15, 0.2) is 18.2 Å². The molecule has 0 atom stereocenters. The molecule has 0 amide bonds. The smallest absolute Gasteiger partial charge is 0.315 e. The molecule has 1 N–H and O–H groups in total. The minimum Gasteiger partial charge on any atom is -0.496 e. The highest BCUT2D eigenvalue weighted by Crippen LogP contribution is 2.17. The molecule has 0 fully saturated rings. The molecule has 0 aliphatic rings. The zero-order valence-corrected chi connectivity index (χ0v) is 8.69. The van der Waals surface area contributed by atoms with Crippen molar-refractivity contribution in [2.75, 3.05) is 7.11 Å². The highest BCUT2D eigenvalue weighted by Gasteiger charge is 2.01. The van der Waals surface area contributed by atoms with Gasteiger partial charge in [-0.1, -0.05) is 11.8 Å². The Morgan fingerprint density at radius 2 is 2.31 bits per heavy atom. The fourth-order valence-corrected chi connectivity index (χ4v) is 1.13. The van der Waals surface area contributed by atoms with E-state index in [-0.39, 0.29) is 6.42 Å². The van der Waals surface area contributed by atoms with E-state index in [1.54, 1.807) is 18.2 Å². The molecule has 82 valence electrons. The van der Waals surface area contributed by atoms with E-state index in [2.05, 4.69) is 11.8 Å². The van der Waals surface area contributed by atoms with Crippen LogP contribution in [-0.2, 0) is 4.79 Å². The van der Waals surface area contributed by atoms with Gasteiger partial charge in [-0.15, -0.1) is 0 Å². The van der Waals surface area contributed by atoms with Gasteiger partial charge in [0.05, 0.1) is 12.7 Å². The van der Waals surface area contributed by atoms with E-state index in [1.807, 2.05) is 0 Å². The third kappa shape index (κ3) is 3.14. The van der Waals surface area contributed by atoms with E-state index in [0.29, 0.717) is 23.2 Å². The predicted molar refractivity (Wildman–Crippen MR) is 57.5 cm³/mol. The molecule has 0 aliphatic heterocycles. The first-order valence-electron chi connectivity index (χ1n) is 4.51. The van der Waals surface area contributed by atoms with Crippen LogP contribution in [0.5, 0.6) is 5.75 Å². The van der Waals surface area contributed by atoms with Gasteiger partial charge >= 0.3 is 5.97 Å². The lowest BCUT2D eigenvalue weighted by Crippen LogP contribution is -1.92. The number of carboxylic acid groups (broad SMARTS) is 1. The van der Waals surface area contributed by atoms with Crippen LogP contribution in [0.1, 0.15) is 22.3 Å². The van der Waals surface area contributed by atoms with Crippen LogP contribution in [0.4, 0.5) is 0 Å². The zero-order chi connectivity index (χ0) is 12.0. The summed E-state index contributed by atoms with van der Waals surface area (Å²) in [4.78, 5) is 20.9. The van der Waals surface area contributed by atoms with E-state index >= 15 is 0 Å². The van der Waals surface area contributed by atoms with Gasteiger partial charge in [-0.05, 0) is 18.2 Å². The standard InChI is InChI=1S/C12H10O4/c1-16-11-6-5-9(7-10(11)8-13)3-2-4-12(14)15/h5-8H,4H2,1H3,(H,14,15). The van der Waals surface area contributed by atoms with Crippen LogP contribution in [0, 0.1) is 11.8 Å². The largest absolute Gasteiger partial charge is 0.496 e. The lowest BCUT2D eigenvalue weighted by atomic mass is 10.1. The zero-order valence-electron chi connectivity index (χ0n) is 8.69. The second-order valence-electron chi connectivity index (χ2n) is 2.95. The normalized spacial score (nSPS) is 8.81. The van der Waals surface area contributed by atoms with E-state index < -0.39 is 5.97 Å². The number of aliphatic carboxylic acids is 1. The monoisotopic (exact) mass is 218 g/mol. The average Bonchev–Trinajstić information content (AvgIpc) is 2.28. The summed E-state index contributed by atoms with van der Waals surface area (Å²) in [7, 11) is 1.47. The van der Waals surface area contributed by atoms with Crippen molar-refractivity contribution in [1.29, 1.82) is 0 Å². The lowest BCUT2D eigenvalue weighted by molar-refractivity contribution is -0.135. The summed E-state index contributed by atoms with van der Waals surface area (Å²) in [6.45, 7) is 0. The van der Waals surface area contributed by atoms with E-state index in [4.69, 9.17) is 9.84 Å². The molecule has 0 aromatic heterocycles. The maximum Gasteiger partial charge on any atom is 0.315 e. The first kappa shape index (κ1) is 11.8. The Kier molecular flexibility index (Phi) is 4.10. The first-order valence-corrected chi connectivity index (χ1v) is 4.51. The van der Waals surface area contributed by atoms with Crippen LogP contribution in [-0.4, -0.2) is 24.5 Å². The molecule has 0 aliphatic carbocycles. The number of carbonyl (C=O) groups is 2. The number of hydrogen-bond acceptors (Lipinski definition) is 3. The Hall–Kier alpha value is -2.28. The molecule has 16 heavy (non-hydrogen) atoms. The van der Waals surface area contributed by atoms with Crippen LogP contribution in [0.3, 0.4) is 0 Å². The van der Waals surface area contributed by atoms with Crippen LogP contribution >= 0.6 is 0 Å². The SMILES string of the molecule is COc1ccc(C#CCC(=O)O)cc1C=O. The number of methoxy groups -OCH3 is 1. The van der Waals surface area contributed by atoms with E-state index in [0.717, 1.165) is 0 Å². The molecule has 0 unspecified atom stereocenters. The number of hydrogen-bond donors (Lipinski definition) is 1. The second-order valence-corrected chi connectivity index (χ2v) is 2.95. The molecule has 1 aromatic carbocycles. The number of carboxylic acids is 1. The van der Waals surface area contributed by atoms with Gasteiger partial charge in [0.1, 0.15) is 12.2 Å². The van der Waals surface area contributed by atoms with Crippen molar-refractivity contribution < 1.29 is 19.4 Å². The lowest BCUT2D eigenvalue weighted by Gasteiger charge is -2.02. The highest BCUT2D eigenvalue weighted by atomic mass is 16.5. The average molecular weight is 218 g/mol. The Morgan fingerprint density at radius 3 is 2.88 bits per heavy atom. The van der Waals surface area contributed by atoms with Crippen LogP contribution < -0.4 is 4.74 Å². The highest BCUT2D eigenvalue weighted by molar-refractivity contribution is 5.80. The molecule has 1 aromatic rings. The summed E-state index contributed by atoms with van der Waals surface area (Å²) in [5, 5.41) is 8.40. The Bertz CT molecular complexity index is 466. The van der Waals surface area contributed by atoms with E-state index in [9.17, 15) is 9.59 Å². The summed E-state index contributed by atoms with van der Waals surface area (Å²) >= 11 is 0. The van der Waals surface area contributed by atoms with Crippen molar-refractivity contribution in [3.63, 3.8) is 0 Å². The van der Waals surface area contributed by atoms with Crippen molar-refractivity contribution in [3.8, 4) is 17.6 Å². The quantitative estimate of drug-likeness (QED) is 0.614. The summed E-state index contributed by atoms with van der Waals surface area (Å²) in [5.74, 6) is 4.64. The van der Waals surface area contributed by atoms with Crippen LogP contribution in [0.25, 0.3) is 0 Å². The molecule has 0 radical (unpaired) electrons. The third-order valence-corrected chi connectivity index (χ3v) is 1.83. The fraction of sp³-hybridized carbons (Fsp3) is 0.167. The fourth-order valence-electron chi connectivity index (χ4n) is 1.13. The maximum absolute atomic E-state index is 10.7. The van der Waals surface area contributed by atoms with Gasteiger partial charge < -0.3 is 9.84 Å².